The fourth-order valence-corrected chi connectivity index (χ4v) is 4.26. The Morgan fingerprint density at radius 2 is 1.87 bits per heavy atom. The van der Waals surface area contributed by atoms with Crippen LogP contribution in [0.2, 0.25) is 0 Å². The summed E-state index contributed by atoms with van der Waals surface area (Å²) in [7, 11) is 0. The number of piperidine rings is 1. The van der Waals surface area contributed by atoms with E-state index in [1.165, 1.54) is 38.5 Å². The number of aliphatic imine (C=N–C) groups is 1. The second kappa shape index (κ2) is 14.1. The van der Waals surface area contributed by atoms with Gasteiger partial charge in [-0.2, -0.15) is 0 Å². The lowest BCUT2D eigenvalue weighted by molar-refractivity contribution is 0.0487. The summed E-state index contributed by atoms with van der Waals surface area (Å²) in [4.78, 5) is 11.8. The number of nitrogens with zero attached hydrogens (tertiary/aromatic N) is 3. The van der Waals surface area contributed by atoms with Crippen molar-refractivity contribution in [1.82, 2.24) is 15.6 Å². The van der Waals surface area contributed by atoms with Crippen LogP contribution in [0.4, 0.5) is 5.82 Å². The second-order valence-corrected chi connectivity index (χ2v) is 8.29. The van der Waals surface area contributed by atoms with Gasteiger partial charge in [-0.05, 0) is 51.7 Å². The lowest BCUT2D eigenvalue weighted by Crippen LogP contribution is -2.49. The Kier molecular flexibility index (Phi) is 11.8. The molecule has 2 heterocycles. The summed E-state index contributed by atoms with van der Waals surface area (Å²) in [5.41, 5.74) is 1.08. The molecule has 0 amide bonds. The van der Waals surface area contributed by atoms with Crippen LogP contribution >= 0.6 is 24.0 Å². The van der Waals surface area contributed by atoms with E-state index in [-0.39, 0.29) is 24.0 Å². The van der Waals surface area contributed by atoms with Crippen molar-refractivity contribution in [1.29, 1.82) is 0 Å². The van der Waals surface area contributed by atoms with E-state index in [1.807, 2.05) is 0 Å². The van der Waals surface area contributed by atoms with Crippen LogP contribution in [0, 0.1) is 6.92 Å². The van der Waals surface area contributed by atoms with Crippen LogP contribution in [0.15, 0.2) is 23.2 Å². The van der Waals surface area contributed by atoms with E-state index in [0.717, 1.165) is 63.1 Å². The highest BCUT2D eigenvalue weighted by molar-refractivity contribution is 14.0. The minimum absolute atomic E-state index is 0. The molecule has 6 nitrogen and oxygen atoms in total. The molecule has 1 aromatic rings. The van der Waals surface area contributed by atoms with Crippen molar-refractivity contribution in [2.75, 3.05) is 37.7 Å². The number of ether oxygens (including phenoxy) is 1. The Hall–Kier alpha value is -1.09. The number of rotatable bonds is 7. The first-order valence-corrected chi connectivity index (χ1v) is 11.6. The predicted octanol–water partition coefficient (Wildman–Crippen LogP) is 4.27. The summed E-state index contributed by atoms with van der Waals surface area (Å²) in [6, 6.07) is 6.71. The van der Waals surface area contributed by atoms with Crippen molar-refractivity contribution in [3.05, 3.63) is 23.9 Å². The molecule has 1 saturated heterocycles. The molecule has 1 saturated carbocycles. The molecular weight excluding hydrogens is 489 g/mol. The number of aryl methyl sites for hydroxylation is 1. The van der Waals surface area contributed by atoms with Crippen molar-refractivity contribution < 1.29 is 4.74 Å². The Balaban J connectivity index is 0.00000320. The average molecular weight is 530 g/mol. The molecule has 0 atom stereocenters. The van der Waals surface area contributed by atoms with Crippen LogP contribution in [0.3, 0.4) is 0 Å². The molecule has 3 rings (SSSR count). The quantitative estimate of drug-likeness (QED) is 0.182. The van der Waals surface area contributed by atoms with Crippen LogP contribution in [0.25, 0.3) is 0 Å². The summed E-state index contributed by atoms with van der Waals surface area (Å²) in [5.74, 6) is 2.02. The topological polar surface area (TPSA) is 61.8 Å². The molecule has 0 unspecified atom stereocenters. The van der Waals surface area contributed by atoms with E-state index in [0.29, 0.717) is 12.1 Å². The first kappa shape index (κ1) is 25.2. The van der Waals surface area contributed by atoms with E-state index in [9.17, 15) is 0 Å². The number of hydrogen-bond acceptors (Lipinski definition) is 4. The summed E-state index contributed by atoms with van der Waals surface area (Å²) >= 11 is 0. The molecule has 30 heavy (non-hydrogen) atoms. The molecular formula is C23H40IN5O. The van der Waals surface area contributed by atoms with E-state index in [4.69, 9.17) is 9.73 Å². The maximum absolute atomic E-state index is 6.08. The number of halogens is 1. The first-order chi connectivity index (χ1) is 14.2. The normalized spacial score (nSPS) is 19.1. The highest BCUT2D eigenvalue weighted by Gasteiger charge is 2.21. The van der Waals surface area contributed by atoms with Gasteiger partial charge in [0.2, 0.25) is 0 Å². The number of aromatic nitrogens is 1. The zero-order valence-corrected chi connectivity index (χ0v) is 21.1. The molecule has 2 fully saturated rings. The molecule has 170 valence electrons. The maximum atomic E-state index is 6.08. The van der Waals surface area contributed by atoms with Gasteiger partial charge < -0.3 is 20.3 Å². The van der Waals surface area contributed by atoms with Gasteiger partial charge in [0.1, 0.15) is 5.82 Å². The summed E-state index contributed by atoms with van der Waals surface area (Å²) in [5, 5.41) is 7.01. The van der Waals surface area contributed by atoms with Crippen LogP contribution in [-0.2, 0) is 4.74 Å². The maximum Gasteiger partial charge on any atom is 0.191 e. The molecule has 1 aromatic heterocycles. The third kappa shape index (κ3) is 8.57. The minimum Gasteiger partial charge on any atom is -0.376 e. The number of pyridine rings is 1. The third-order valence-corrected chi connectivity index (χ3v) is 5.89. The van der Waals surface area contributed by atoms with Gasteiger partial charge in [-0.25, -0.2) is 4.98 Å². The van der Waals surface area contributed by atoms with E-state index in [2.05, 4.69) is 52.6 Å². The number of guanidine groups is 1. The molecule has 7 heteroatoms. The Morgan fingerprint density at radius 1 is 1.13 bits per heavy atom. The van der Waals surface area contributed by atoms with E-state index < -0.39 is 0 Å². The van der Waals surface area contributed by atoms with Gasteiger partial charge in [0, 0.05) is 31.4 Å². The van der Waals surface area contributed by atoms with Crippen molar-refractivity contribution in [2.24, 2.45) is 4.99 Å². The van der Waals surface area contributed by atoms with Gasteiger partial charge in [0.25, 0.3) is 0 Å². The average Bonchev–Trinajstić information content (AvgIpc) is 3.01. The SMILES string of the molecule is CCNC(=NCCOC1CCCCCC1)NC1CCN(c2cccc(C)n2)CC1.I. The summed E-state index contributed by atoms with van der Waals surface area (Å²) in [6.45, 7) is 8.54. The monoisotopic (exact) mass is 529 g/mol. The second-order valence-electron chi connectivity index (χ2n) is 8.29. The van der Waals surface area contributed by atoms with Crippen LogP contribution in [-0.4, -0.2) is 55.9 Å². The number of nitrogens with one attached hydrogen (secondary N) is 2. The van der Waals surface area contributed by atoms with E-state index >= 15 is 0 Å². The molecule has 2 N–H and O–H groups in total. The van der Waals surface area contributed by atoms with Gasteiger partial charge in [-0.3, -0.25) is 4.99 Å². The standard InChI is InChI=1S/C23H39N5O.HI/c1-3-24-23(25-15-18-29-21-10-6-4-5-7-11-21)27-20-13-16-28(17-14-20)22-12-8-9-19(2)26-22;/h8-9,12,20-21H,3-7,10-11,13-18H2,1-2H3,(H2,24,25,27);1H. The van der Waals surface area contributed by atoms with Crippen molar-refractivity contribution in [3.8, 4) is 0 Å². The van der Waals surface area contributed by atoms with Gasteiger partial charge in [-0.15, -0.1) is 24.0 Å². The minimum atomic E-state index is 0. The van der Waals surface area contributed by atoms with Crippen molar-refractivity contribution >= 4 is 35.8 Å². The molecule has 0 aromatic carbocycles. The van der Waals surface area contributed by atoms with Gasteiger partial charge in [0.05, 0.1) is 19.3 Å². The van der Waals surface area contributed by atoms with Crippen LogP contribution < -0.4 is 15.5 Å². The lowest BCUT2D eigenvalue weighted by Gasteiger charge is -2.34. The molecule has 0 bridgehead atoms. The summed E-state index contributed by atoms with van der Waals surface area (Å²) in [6.07, 6.45) is 10.4. The van der Waals surface area contributed by atoms with Crippen LogP contribution in [0.5, 0.6) is 0 Å². The predicted molar refractivity (Wildman–Crippen MR) is 136 cm³/mol. The Labute approximate surface area is 199 Å². The Morgan fingerprint density at radius 3 is 2.53 bits per heavy atom. The fraction of sp³-hybridized carbons (Fsp3) is 0.739. The number of hydrogen-bond donors (Lipinski definition) is 2. The molecule has 1 aliphatic carbocycles. The number of anilines is 1. The molecule has 2 aliphatic rings. The zero-order chi connectivity index (χ0) is 20.3. The smallest absolute Gasteiger partial charge is 0.191 e. The lowest BCUT2D eigenvalue weighted by atomic mass is 10.1. The Bertz CT molecular complexity index is 626. The van der Waals surface area contributed by atoms with E-state index in [1.54, 1.807) is 0 Å². The highest BCUT2D eigenvalue weighted by atomic mass is 127. The molecule has 1 aliphatic heterocycles. The first-order valence-electron chi connectivity index (χ1n) is 11.6. The third-order valence-electron chi connectivity index (χ3n) is 5.89. The van der Waals surface area contributed by atoms with Crippen molar-refractivity contribution in [2.45, 2.75) is 77.4 Å². The zero-order valence-electron chi connectivity index (χ0n) is 18.7. The fourth-order valence-electron chi connectivity index (χ4n) is 4.26. The molecule has 0 spiro atoms. The molecule has 0 radical (unpaired) electrons. The van der Waals surface area contributed by atoms with Crippen molar-refractivity contribution in [3.63, 3.8) is 0 Å². The van der Waals surface area contributed by atoms with Gasteiger partial charge in [0.15, 0.2) is 5.96 Å². The van der Waals surface area contributed by atoms with Gasteiger partial charge >= 0.3 is 0 Å². The van der Waals surface area contributed by atoms with Crippen LogP contribution in [0.1, 0.15) is 64.0 Å². The van der Waals surface area contributed by atoms with Gasteiger partial charge in [-0.1, -0.05) is 31.7 Å². The largest absolute Gasteiger partial charge is 0.376 e. The summed E-state index contributed by atoms with van der Waals surface area (Å²) < 4.78 is 6.08. The highest BCUT2D eigenvalue weighted by Crippen LogP contribution is 2.20.